The van der Waals surface area contributed by atoms with Gasteiger partial charge in [0.1, 0.15) is 11.4 Å². The highest BCUT2D eigenvalue weighted by Gasteiger charge is 2.04. The summed E-state index contributed by atoms with van der Waals surface area (Å²) in [5.74, 6) is 0.211. The predicted octanol–water partition coefficient (Wildman–Crippen LogP) is 0.00710. The van der Waals surface area contributed by atoms with Crippen molar-refractivity contribution in [2.75, 3.05) is 5.73 Å². The largest absolute Gasteiger partial charge is 0.368 e. The van der Waals surface area contributed by atoms with Gasteiger partial charge in [0.25, 0.3) is 5.56 Å². The van der Waals surface area contributed by atoms with Gasteiger partial charge in [-0.1, -0.05) is 5.16 Å². The maximum Gasteiger partial charge on any atom is 0.264 e. The van der Waals surface area contributed by atoms with Crippen LogP contribution >= 0.6 is 0 Å². The van der Waals surface area contributed by atoms with E-state index in [0.29, 0.717) is 11.4 Å². The summed E-state index contributed by atoms with van der Waals surface area (Å²) in [6.07, 6.45) is 0. The molecule has 0 aliphatic carbocycles. The fourth-order valence-electron chi connectivity index (χ4n) is 0.897. The van der Waals surface area contributed by atoms with Gasteiger partial charge in [-0.25, -0.2) is 5.10 Å². The molecule has 6 heteroatoms. The highest BCUT2D eigenvalue weighted by atomic mass is 16.5. The summed E-state index contributed by atoms with van der Waals surface area (Å²) in [4.78, 5) is 10.7. The van der Waals surface area contributed by atoms with Crippen LogP contribution in [-0.2, 0) is 0 Å². The molecule has 0 aliphatic rings. The Hall–Kier alpha value is -2.11. The van der Waals surface area contributed by atoms with Gasteiger partial charge in [0.2, 0.25) is 5.88 Å². The van der Waals surface area contributed by atoms with E-state index >= 15 is 0 Å². The normalized spacial score (nSPS) is 10.2. The summed E-state index contributed by atoms with van der Waals surface area (Å²) in [6.45, 7) is 0. The Balaban J connectivity index is 2.47. The van der Waals surface area contributed by atoms with E-state index in [1.165, 1.54) is 18.2 Å². The number of nitrogen functional groups attached to an aromatic ring is 1. The zero-order valence-electron chi connectivity index (χ0n) is 6.52. The molecule has 0 amide bonds. The van der Waals surface area contributed by atoms with Crippen LogP contribution in [0.4, 0.5) is 5.88 Å². The Bertz CT molecular complexity index is 453. The third-order valence-electron chi connectivity index (χ3n) is 1.47. The molecule has 13 heavy (non-hydrogen) atoms. The van der Waals surface area contributed by atoms with E-state index in [4.69, 9.17) is 5.73 Å². The third kappa shape index (κ3) is 1.41. The van der Waals surface area contributed by atoms with Gasteiger partial charge < -0.3 is 10.3 Å². The number of hydrogen-bond donors (Lipinski definition) is 2. The first-order valence-electron chi connectivity index (χ1n) is 3.54. The molecule has 0 aliphatic heterocycles. The SMILES string of the molecule is Nc1cc(-c2ccc(=O)[nH]n2)no1. The number of hydrogen-bond acceptors (Lipinski definition) is 5. The van der Waals surface area contributed by atoms with Crippen LogP contribution in [0.2, 0.25) is 0 Å². The van der Waals surface area contributed by atoms with E-state index in [9.17, 15) is 4.79 Å². The summed E-state index contributed by atoms with van der Waals surface area (Å²) in [7, 11) is 0. The number of aromatic nitrogens is 3. The lowest BCUT2D eigenvalue weighted by Gasteiger charge is -1.89. The molecule has 6 nitrogen and oxygen atoms in total. The van der Waals surface area contributed by atoms with Crippen LogP contribution < -0.4 is 11.3 Å². The molecule has 0 saturated carbocycles. The van der Waals surface area contributed by atoms with Gasteiger partial charge in [-0.15, -0.1) is 0 Å². The summed E-state index contributed by atoms with van der Waals surface area (Å²) in [5.41, 5.74) is 6.06. The van der Waals surface area contributed by atoms with E-state index in [-0.39, 0.29) is 11.4 Å². The van der Waals surface area contributed by atoms with Crippen LogP contribution in [0.3, 0.4) is 0 Å². The van der Waals surface area contributed by atoms with E-state index in [0.717, 1.165) is 0 Å². The lowest BCUT2D eigenvalue weighted by Crippen LogP contribution is -2.05. The Morgan fingerprint density at radius 3 is 2.77 bits per heavy atom. The fourth-order valence-corrected chi connectivity index (χ4v) is 0.897. The molecule has 0 atom stereocenters. The highest BCUT2D eigenvalue weighted by Crippen LogP contribution is 2.15. The van der Waals surface area contributed by atoms with Gasteiger partial charge in [-0.05, 0) is 6.07 Å². The molecular weight excluding hydrogens is 172 g/mol. The number of nitrogens with one attached hydrogen (secondary N) is 1. The second kappa shape index (κ2) is 2.74. The van der Waals surface area contributed by atoms with Crippen molar-refractivity contribution in [2.45, 2.75) is 0 Å². The van der Waals surface area contributed by atoms with Gasteiger partial charge >= 0.3 is 0 Å². The number of nitrogens with two attached hydrogens (primary N) is 1. The summed E-state index contributed by atoms with van der Waals surface area (Å²) in [6, 6.07) is 4.42. The van der Waals surface area contributed by atoms with Crippen LogP contribution in [0.1, 0.15) is 0 Å². The average molecular weight is 178 g/mol. The summed E-state index contributed by atoms with van der Waals surface area (Å²) in [5, 5.41) is 9.66. The minimum atomic E-state index is -0.264. The second-order valence-electron chi connectivity index (χ2n) is 2.42. The van der Waals surface area contributed by atoms with Crippen molar-refractivity contribution in [3.63, 3.8) is 0 Å². The maximum atomic E-state index is 10.7. The highest BCUT2D eigenvalue weighted by molar-refractivity contribution is 5.55. The molecule has 2 rings (SSSR count). The first-order chi connectivity index (χ1) is 6.25. The zero-order valence-corrected chi connectivity index (χ0v) is 6.52. The van der Waals surface area contributed by atoms with Crippen molar-refractivity contribution in [3.05, 3.63) is 28.6 Å². The first-order valence-corrected chi connectivity index (χ1v) is 3.54. The van der Waals surface area contributed by atoms with Crippen molar-refractivity contribution in [3.8, 4) is 11.4 Å². The third-order valence-corrected chi connectivity index (χ3v) is 1.47. The molecule has 0 unspecified atom stereocenters. The quantitative estimate of drug-likeness (QED) is 0.640. The number of anilines is 1. The molecule has 0 aromatic carbocycles. The van der Waals surface area contributed by atoms with E-state index < -0.39 is 0 Å². The monoisotopic (exact) mass is 178 g/mol. The summed E-state index contributed by atoms with van der Waals surface area (Å²) >= 11 is 0. The van der Waals surface area contributed by atoms with E-state index in [2.05, 4.69) is 19.9 Å². The van der Waals surface area contributed by atoms with Crippen molar-refractivity contribution in [1.29, 1.82) is 0 Å². The van der Waals surface area contributed by atoms with Gasteiger partial charge in [-0.3, -0.25) is 4.79 Å². The van der Waals surface area contributed by atoms with Crippen LogP contribution in [0.25, 0.3) is 11.4 Å². The molecule has 0 radical (unpaired) electrons. The van der Waals surface area contributed by atoms with Crippen LogP contribution in [0.5, 0.6) is 0 Å². The molecule has 0 bridgehead atoms. The predicted molar refractivity (Wildman–Crippen MR) is 44.8 cm³/mol. The molecule has 2 heterocycles. The Morgan fingerprint density at radius 2 is 2.23 bits per heavy atom. The van der Waals surface area contributed by atoms with Crippen molar-refractivity contribution in [1.82, 2.24) is 15.4 Å². The van der Waals surface area contributed by atoms with Crippen LogP contribution in [0.15, 0.2) is 27.5 Å². The molecule has 2 aromatic rings. The minimum absolute atomic E-state index is 0.211. The zero-order chi connectivity index (χ0) is 9.26. The van der Waals surface area contributed by atoms with Gasteiger partial charge in [0, 0.05) is 12.1 Å². The lowest BCUT2D eigenvalue weighted by molar-refractivity contribution is 0.439. The number of aromatic amines is 1. The number of H-pyrrole nitrogens is 1. The second-order valence-corrected chi connectivity index (χ2v) is 2.42. The molecule has 0 spiro atoms. The Morgan fingerprint density at radius 1 is 1.38 bits per heavy atom. The maximum absolute atomic E-state index is 10.7. The van der Waals surface area contributed by atoms with E-state index in [1.54, 1.807) is 0 Å². The van der Waals surface area contributed by atoms with Gasteiger partial charge in [-0.2, -0.15) is 5.10 Å². The minimum Gasteiger partial charge on any atom is -0.368 e. The van der Waals surface area contributed by atoms with E-state index in [1.807, 2.05) is 0 Å². The first kappa shape index (κ1) is 7.53. The molecule has 2 aromatic heterocycles. The van der Waals surface area contributed by atoms with Crippen LogP contribution in [-0.4, -0.2) is 15.4 Å². The smallest absolute Gasteiger partial charge is 0.264 e. The molecule has 0 saturated heterocycles. The fraction of sp³-hybridized carbons (Fsp3) is 0. The van der Waals surface area contributed by atoms with Crippen molar-refractivity contribution < 1.29 is 4.52 Å². The van der Waals surface area contributed by atoms with Crippen molar-refractivity contribution in [2.24, 2.45) is 0 Å². The lowest BCUT2D eigenvalue weighted by atomic mass is 10.3. The van der Waals surface area contributed by atoms with Crippen LogP contribution in [0, 0.1) is 0 Å². The molecule has 66 valence electrons. The van der Waals surface area contributed by atoms with Crippen molar-refractivity contribution >= 4 is 5.88 Å². The Kier molecular flexibility index (Phi) is 1.59. The molecule has 3 N–H and O–H groups in total. The topological polar surface area (TPSA) is 97.8 Å². The van der Waals surface area contributed by atoms with Gasteiger partial charge in [0.15, 0.2) is 0 Å². The Labute approximate surface area is 72.4 Å². The summed E-state index contributed by atoms with van der Waals surface area (Å²) < 4.78 is 4.64. The molecule has 0 fully saturated rings. The molecular formula is C7H6N4O2. The number of rotatable bonds is 1. The average Bonchev–Trinajstić information content (AvgIpc) is 2.53. The number of nitrogens with zero attached hydrogens (tertiary/aromatic N) is 2. The standard InChI is InChI=1S/C7H6N4O2/c8-6-3-5(11-13-6)4-1-2-7(12)10-9-4/h1-3H,8H2,(H,10,12). The van der Waals surface area contributed by atoms with Gasteiger partial charge in [0.05, 0.1) is 0 Å².